The molecular weight excluding hydrogens is 617 g/mol. The number of fused-ring (bicyclic) bond motifs is 3. The summed E-state index contributed by atoms with van der Waals surface area (Å²) in [5.41, 5.74) is 13.1. The van der Waals surface area contributed by atoms with E-state index in [9.17, 15) is 0 Å². The van der Waals surface area contributed by atoms with Crippen LogP contribution in [0.25, 0.3) is 49.7 Å². The van der Waals surface area contributed by atoms with E-state index in [4.69, 9.17) is 0 Å². The van der Waals surface area contributed by atoms with Gasteiger partial charge in [-0.25, -0.2) is 0 Å². The second-order valence-corrected chi connectivity index (χ2v) is 13.5. The quantitative estimate of drug-likeness (QED) is 0.166. The Morgan fingerprint density at radius 1 is 0.431 bits per heavy atom. The van der Waals surface area contributed by atoms with E-state index in [2.05, 4.69) is 217 Å². The SMILES string of the molecule is CC1C=CC=CC1c1ccc(-c2ccc(-n3c4ccccc4c4ccc(N(c5ccccc5)c5ccc(-c6ccccc6)cc5)cc43)cc2)cc1. The monoisotopic (exact) mass is 654 g/mol. The van der Waals surface area contributed by atoms with E-state index >= 15 is 0 Å². The summed E-state index contributed by atoms with van der Waals surface area (Å²) in [6.07, 6.45) is 8.92. The highest BCUT2D eigenvalue weighted by Crippen LogP contribution is 2.40. The van der Waals surface area contributed by atoms with Gasteiger partial charge >= 0.3 is 0 Å². The van der Waals surface area contributed by atoms with Crippen LogP contribution in [0, 0.1) is 5.92 Å². The molecule has 1 aliphatic rings. The molecule has 9 rings (SSSR count). The molecular formula is C49H38N2. The highest BCUT2D eigenvalue weighted by Gasteiger charge is 2.19. The largest absolute Gasteiger partial charge is 0.310 e. The second-order valence-electron chi connectivity index (χ2n) is 13.5. The normalized spacial score (nSPS) is 15.4. The maximum Gasteiger partial charge on any atom is 0.0561 e. The highest BCUT2D eigenvalue weighted by molar-refractivity contribution is 6.10. The van der Waals surface area contributed by atoms with Crippen LogP contribution in [0.1, 0.15) is 18.4 Å². The van der Waals surface area contributed by atoms with Gasteiger partial charge in [0.15, 0.2) is 0 Å². The second kappa shape index (κ2) is 13.2. The lowest BCUT2D eigenvalue weighted by Crippen LogP contribution is -2.10. The van der Waals surface area contributed by atoms with E-state index in [1.807, 2.05) is 0 Å². The zero-order valence-electron chi connectivity index (χ0n) is 28.6. The number of nitrogens with zero attached hydrogens (tertiary/aromatic N) is 2. The van der Waals surface area contributed by atoms with Gasteiger partial charge in [0.05, 0.1) is 11.0 Å². The average molecular weight is 655 g/mol. The minimum absolute atomic E-state index is 0.429. The Balaban J connectivity index is 1.11. The van der Waals surface area contributed by atoms with Gasteiger partial charge in [-0.3, -0.25) is 0 Å². The van der Waals surface area contributed by atoms with E-state index in [-0.39, 0.29) is 0 Å². The van der Waals surface area contributed by atoms with Crippen molar-refractivity contribution in [3.63, 3.8) is 0 Å². The van der Waals surface area contributed by atoms with Crippen molar-refractivity contribution in [2.45, 2.75) is 12.8 Å². The predicted octanol–water partition coefficient (Wildman–Crippen LogP) is 13.4. The van der Waals surface area contributed by atoms with Crippen molar-refractivity contribution in [3.8, 4) is 27.9 Å². The third-order valence-corrected chi connectivity index (χ3v) is 10.3. The van der Waals surface area contributed by atoms with E-state index in [0.29, 0.717) is 11.8 Å². The molecule has 0 saturated carbocycles. The Morgan fingerprint density at radius 2 is 0.961 bits per heavy atom. The Kier molecular flexibility index (Phi) is 7.91. The summed E-state index contributed by atoms with van der Waals surface area (Å²) in [5, 5.41) is 2.49. The van der Waals surface area contributed by atoms with Crippen LogP contribution in [0.4, 0.5) is 17.1 Å². The van der Waals surface area contributed by atoms with Gasteiger partial charge in [0.25, 0.3) is 0 Å². The highest BCUT2D eigenvalue weighted by atomic mass is 15.1. The predicted molar refractivity (Wildman–Crippen MR) is 217 cm³/mol. The maximum atomic E-state index is 2.41. The smallest absolute Gasteiger partial charge is 0.0561 e. The fourth-order valence-electron chi connectivity index (χ4n) is 7.67. The minimum atomic E-state index is 0.429. The number of anilines is 3. The first kappa shape index (κ1) is 30.7. The molecule has 0 N–H and O–H groups in total. The van der Waals surface area contributed by atoms with Crippen LogP contribution < -0.4 is 4.90 Å². The lowest BCUT2D eigenvalue weighted by Gasteiger charge is -2.26. The molecule has 0 saturated heterocycles. The molecule has 0 amide bonds. The van der Waals surface area contributed by atoms with Crippen molar-refractivity contribution < 1.29 is 0 Å². The third kappa shape index (κ3) is 5.75. The molecule has 2 heteroatoms. The first-order chi connectivity index (χ1) is 25.2. The molecule has 2 unspecified atom stereocenters. The zero-order chi connectivity index (χ0) is 34.1. The summed E-state index contributed by atoms with van der Waals surface area (Å²) >= 11 is 0. The lowest BCUT2D eigenvalue weighted by molar-refractivity contribution is 0.635. The first-order valence-corrected chi connectivity index (χ1v) is 17.8. The molecule has 1 heterocycles. The molecule has 2 nitrogen and oxygen atoms in total. The van der Waals surface area contributed by atoms with E-state index < -0.39 is 0 Å². The number of rotatable bonds is 7. The molecule has 0 aliphatic heterocycles. The summed E-state index contributed by atoms with van der Waals surface area (Å²) in [6.45, 7) is 2.29. The number of aromatic nitrogens is 1. The molecule has 1 aromatic heterocycles. The molecule has 0 fully saturated rings. The topological polar surface area (TPSA) is 8.17 Å². The lowest BCUT2D eigenvalue weighted by atomic mass is 9.84. The van der Waals surface area contributed by atoms with Crippen LogP contribution >= 0.6 is 0 Å². The van der Waals surface area contributed by atoms with Gasteiger partial charge in [0, 0.05) is 39.4 Å². The number of hydrogen-bond acceptors (Lipinski definition) is 1. The van der Waals surface area contributed by atoms with Gasteiger partial charge in [0.2, 0.25) is 0 Å². The third-order valence-electron chi connectivity index (χ3n) is 10.3. The summed E-state index contributed by atoms with van der Waals surface area (Å²) in [5.74, 6) is 0.935. The van der Waals surface area contributed by atoms with Crippen molar-refractivity contribution in [1.29, 1.82) is 0 Å². The summed E-state index contributed by atoms with van der Waals surface area (Å²) in [7, 11) is 0. The van der Waals surface area contributed by atoms with Crippen LogP contribution in [-0.4, -0.2) is 4.57 Å². The molecule has 1 aliphatic carbocycles. The Hall–Kier alpha value is -6.38. The van der Waals surface area contributed by atoms with Gasteiger partial charge in [-0.15, -0.1) is 0 Å². The minimum Gasteiger partial charge on any atom is -0.310 e. The maximum absolute atomic E-state index is 2.41. The summed E-state index contributed by atoms with van der Waals surface area (Å²) < 4.78 is 2.41. The Morgan fingerprint density at radius 3 is 1.67 bits per heavy atom. The van der Waals surface area contributed by atoms with Crippen molar-refractivity contribution >= 4 is 38.9 Å². The standard InChI is InChI=1S/C49H38N2/c1-35-12-8-9-17-45(35)40-22-20-37(21-23-40)39-26-30-43(31-27-39)51-48-19-11-10-18-46(48)47-33-32-44(34-49(47)51)50(41-15-6-3-7-16-41)42-28-24-38(25-29-42)36-13-4-2-5-14-36/h2-35,45H,1H3. The molecule has 8 aromatic rings. The van der Waals surface area contributed by atoms with E-state index in [0.717, 1.165) is 22.7 Å². The van der Waals surface area contributed by atoms with Crippen molar-refractivity contribution in [2.24, 2.45) is 5.92 Å². The van der Waals surface area contributed by atoms with Gasteiger partial charge < -0.3 is 9.47 Å². The van der Waals surface area contributed by atoms with Gasteiger partial charge in [-0.2, -0.15) is 0 Å². The van der Waals surface area contributed by atoms with Crippen LogP contribution in [0.5, 0.6) is 0 Å². The molecule has 0 spiro atoms. The average Bonchev–Trinajstić information content (AvgIpc) is 3.53. The fraction of sp³-hybridized carbons (Fsp3) is 0.0612. The van der Waals surface area contributed by atoms with E-state index in [1.165, 1.54) is 49.6 Å². The number of hydrogen-bond donors (Lipinski definition) is 0. The molecule has 0 radical (unpaired) electrons. The van der Waals surface area contributed by atoms with E-state index in [1.54, 1.807) is 0 Å². The van der Waals surface area contributed by atoms with Gasteiger partial charge in [0.1, 0.15) is 0 Å². The molecule has 51 heavy (non-hydrogen) atoms. The van der Waals surface area contributed by atoms with Gasteiger partial charge in [-0.1, -0.05) is 153 Å². The summed E-state index contributed by atoms with van der Waals surface area (Å²) in [6, 6.07) is 63.9. The van der Waals surface area contributed by atoms with Gasteiger partial charge in [-0.05, 0) is 88.3 Å². The zero-order valence-corrected chi connectivity index (χ0v) is 28.6. The number of allylic oxidation sites excluding steroid dienone is 4. The van der Waals surface area contributed by atoms with Crippen LogP contribution in [0.3, 0.4) is 0 Å². The molecule has 0 bridgehead atoms. The van der Waals surface area contributed by atoms with Crippen molar-refractivity contribution in [3.05, 3.63) is 206 Å². The van der Waals surface area contributed by atoms with Crippen molar-refractivity contribution in [1.82, 2.24) is 4.57 Å². The van der Waals surface area contributed by atoms with Crippen LogP contribution in [-0.2, 0) is 0 Å². The fourth-order valence-corrected chi connectivity index (χ4v) is 7.67. The Bertz CT molecular complexity index is 2500. The van der Waals surface area contributed by atoms with Crippen molar-refractivity contribution in [2.75, 3.05) is 4.90 Å². The first-order valence-electron chi connectivity index (χ1n) is 17.8. The van der Waals surface area contributed by atoms with Crippen LogP contribution in [0.15, 0.2) is 200 Å². The molecule has 244 valence electrons. The van der Waals surface area contributed by atoms with Crippen LogP contribution in [0.2, 0.25) is 0 Å². The number of benzene rings is 7. The Labute approximate surface area is 299 Å². The number of para-hydroxylation sites is 2. The molecule has 7 aromatic carbocycles. The summed E-state index contributed by atoms with van der Waals surface area (Å²) in [4.78, 5) is 2.35. The molecule has 2 atom stereocenters.